The Bertz CT molecular complexity index is 723. The molecule has 4 nitrogen and oxygen atoms in total. The molecule has 0 atom stereocenters. The van der Waals surface area contributed by atoms with Gasteiger partial charge in [0.05, 0.1) is 5.71 Å². The molecule has 0 aliphatic heterocycles. The molecule has 2 rings (SSSR count). The molecule has 0 saturated carbocycles. The van der Waals surface area contributed by atoms with Crippen molar-refractivity contribution in [1.29, 1.82) is 0 Å². The van der Waals surface area contributed by atoms with Gasteiger partial charge in [0, 0.05) is 17.4 Å². The lowest BCUT2D eigenvalue weighted by Crippen LogP contribution is -2.18. The topological polar surface area (TPSA) is 61.7 Å². The Hall–Kier alpha value is -2.36. The molecule has 0 aromatic heterocycles. The smallest absolute Gasteiger partial charge is 0.240 e. The predicted molar refractivity (Wildman–Crippen MR) is 99.3 cm³/mol. The van der Waals surface area contributed by atoms with Crippen LogP contribution in [0.25, 0.3) is 10.8 Å². The number of hydrogen-bond acceptors (Lipinski definition) is 3. The van der Waals surface area contributed by atoms with Crippen molar-refractivity contribution in [3.05, 3.63) is 42.0 Å². The van der Waals surface area contributed by atoms with E-state index in [2.05, 4.69) is 17.5 Å². The van der Waals surface area contributed by atoms with Gasteiger partial charge in [0.25, 0.3) is 0 Å². The van der Waals surface area contributed by atoms with Crippen LogP contribution in [-0.2, 0) is 4.79 Å². The van der Waals surface area contributed by atoms with Gasteiger partial charge in [-0.2, -0.15) is 5.10 Å². The summed E-state index contributed by atoms with van der Waals surface area (Å²) in [5.74, 6) is 0.120. The second-order valence-corrected chi connectivity index (χ2v) is 6.08. The van der Waals surface area contributed by atoms with Crippen molar-refractivity contribution in [3.63, 3.8) is 0 Å². The molecule has 0 saturated heterocycles. The number of benzene rings is 2. The van der Waals surface area contributed by atoms with E-state index in [9.17, 15) is 9.90 Å². The number of unbranched alkanes of at least 4 members (excludes halogenated alkanes) is 4. The summed E-state index contributed by atoms with van der Waals surface area (Å²) in [5, 5.41) is 16.3. The van der Waals surface area contributed by atoms with E-state index in [0.717, 1.165) is 23.6 Å². The molecule has 0 spiro atoms. The van der Waals surface area contributed by atoms with Crippen LogP contribution in [0.5, 0.6) is 5.75 Å². The first-order valence-corrected chi connectivity index (χ1v) is 8.67. The van der Waals surface area contributed by atoms with Crippen LogP contribution in [0, 0.1) is 0 Å². The molecule has 4 heteroatoms. The number of phenolic OH excluding ortho intramolecular Hbond substituents is 1. The Morgan fingerprint density at radius 2 is 1.83 bits per heavy atom. The molecule has 0 radical (unpaired) electrons. The molecule has 0 bridgehead atoms. The van der Waals surface area contributed by atoms with Crippen molar-refractivity contribution in [2.24, 2.45) is 5.10 Å². The average molecular weight is 326 g/mol. The number of hydrazone groups is 1. The van der Waals surface area contributed by atoms with E-state index in [0.29, 0.717) is 17.7 Å². The Morgan fingerprint density at radius 3 is 2.62 bits per heavy atom. The van der Waals surface area contributed by atoms with Gasteiger partial charge >= 0.3 is 0 Å². The Labute approximate surface area is 143 Å². The lowest BCUT2D eigenvalue weighted by molar-refractivity contribution is -0.121. The molecule has 0 fully saturated rings. The first-order chi connectivity index (χ1) is 11.6. The van der Waals surface area contributed by atoms with Crippen molar-refractivity contribution in [2.45, 2.75) is 52.4 Å². The summed E-state index contributed by atoms with van der Waals surface area (Å²) in [5.41, 5.74) is 3.82. The maximum atomic E-state index is 11.8. The molecule has 0 aliphatic rings. The second kappa shape index (κ2) is 9.06. The van der Waals surface area contributed by atoms with Gasteiger partial charge in [-0.15, -0.1) is 0 Å². The number of nitrogens with one attached hydrogen (secondary N) is 1. The van der Waals surface area contributed by atoms with Crippen molar-refractivity contribution in [3.8, 4) is 5.75 Å². The zero-order valence-electron chi connectivity index (χ0n) is 14.5. The number of fused-ring (bicyclic) bond motifs is 1. The number of amides is 1. The van der Waals surface area contributed by atoms with E-state index >= 15 is 0 Å². The van der Waals surface area contributed by atoms with Gasteiger partial charge in [-0.25, -0.2) is 5.43 Å². The zero-order valence-corrected chi connectivity index (χ0v) is 14.5. The number of phenols is 1. The summed E-state index contributed by atoms with van der Waals surface area (Å²) in [4.78, 5) is 11.8. The third kappa shape index (κ3) is 4.82. The van der Waals surface area contributed by atoms with Gasteiger partial charge in [0.1, 0.15) is 5.75 Å². The number of carbonyl (C=O) groups excluding carboxylic acids is 1. The lowest BCUT2D eigenvalue weighted by Gasteiger charge is -2.08. The third-order valence-corrected chi connectivity index (χ3v) is 4.15. The summed E-state index contributed by atoms with van der Waals surface area (Å²) >= 11 is 0. The van der Waals surface area contributed by atoms with Crippen LogP contribution in [0.3, 0.4) is 0 Å². The summed E-state index contributed by atoms with van der Waals surface area (Å²) < 4.78 is 0. The van der Waals surface area contributed by atoms with Crippen LogP contribution >= 0.6 is 0 Å². The molecule has 2 aromatic carbocycles. The van der Waals surface area contributed by atoms with Crippen LogP contribution < -0.4 is 5.43 Å². The average Bonchev–Trinajstić information content (AvgIpc) is 2.60. The fourth-order valence-corrected chi connectivity index (χ4v) is 2.70. The summed E-state index contributed by atoms with van der Waals surface area (Å²) in [6, 6.07) is 11.4. The zero-order chi connectivity index (χ0) is 17.4. The van der Waals surface area contributed by atoms with Gasteiger partial charge < -0.3 is 5.11 Å². The molecule has 1 amide bonds. The highest BCUT2D eigenvalue weighted by Gasteiger charge is 2.09. The minimum atomic E-state index is -0.0777. The molecule has 128 valence electrons. The van der Waals surface area contributed by atoms with Crippen molar-refractivity contribution in [1.82, 2.24) is 5.43 Å². The van der Waals surface area contributed by atoms with Gasteiger partial charge in [0.2, 0.25) is 5.91 Å². The highest BCUT2D eigenvalue weighted by molar-refractivity contribution is 6.06. The van der Waals surface area contributed by atoms with Crippen LogP contribution in [0.15, 0.2) is 41.5 Å². The Morgan fingerprint density at radius 1 is 1.08 bits per heavy atom. The molecular weight excluding hydrogens is 300 g/mol. The first-order valence-electron chi connectivity index (χ1n) is 8.67. The number of rotatable bonds is 8. The SMILES string of the molecule is CCCCCCCC(=O)N/N=C(/C)c1ccc2ccccc2c1O. The second-order valence-electron chi connectivity index (χ2n) is 6.08. The minimum Gasteiger partial charge on any atom is -0.507 e. The normalized spacial score (nSPS) is 11.7. The fraction of sp³-hybridized carbons (Fsp3) is 0.400. The van der Waals surface area contributed by atoms with E-state index in [1.54, 1.807) is 6.92 Å². The standard InChI is InChI=1S/C20H26N2O2/c1-3-4-5-6-7-12-19(23)22-21-15(2)17-14-13-16-10-8-9-11-18(16)20(17)24/h8-11,13-14,24H,3-7,12H2,1-2H3,(H,22,23)/b21-15-. The minimum absolute atomic E-state index is 0.0777. The largest absolute Gasteiger partial charge is 0.507 e. The molecule has 2 N–H and O–H groups in total. The van der Waals surface area contributed by atoms with E-state index in [1.807, 2.05) is 36.4 Å². The van der Waals surface area contributed by atoms with E-state index in [1.165, 1.54) is 19.3 Å². The molecule has 2 aromatic rings. The number of nitrogens with zero attached hydrogens (tertiary/aromatic N) is 1. The molecule has 0 heterocycles. The Balaban J connectivity index is 1.96. The van der Waals surface area contributed by atoms with E-state index in [4.69, 9.17) is 0 Å². The molecule has 24 heavy (non-hydrogen) atoms. The van der Waals surface area contributed by atoms with Gasteiger partial charge in [-0.3, -0.25) is 4.79 Å². The summed E-state index contributed by atoms with van der Waals surface area (Å²) in [6.45, 7) is 3.96. The van der Waals surface area contributed by atoms with E-state index < -0.39 is 0 Å². The van der Waals surface area contributed by atoms with Gasteiger partial charge in [-0.05, 0) is 24.8 Å². The van der Waals surface area contributed by atoms with Crippen LogP contribution in [0.1, 0.15) is 57.9 Å². The van der Waals surface area contributed by atoms with Crippen LogP contribution in [0.2, 0.25) is 0 Å². The van der Waals surface area contributed by atoms with Gasteiger partial charge in [-0.1, -0.05) is 62.9 Å². The first kappa shape index (κ1) is 18.0. The van der Waals surface area contributed by atoms with Crippen molar-refractivity contribution < 1.29 is 9.90 Å². The van der Waals surface area contributed by atoms with E-state index in [-0.39, 0.29) is 11.7 Å². The predicted octanol–water partition coefficient (Wildman–Crippen LogP) is 4.75. The molecule has 0 unspecified atom stereocenters. The quantitative estimate of drug-likeness (QED) is 0.418. The number of hydrogen-bond donors (Lipinski definition) is 2. The maximum absolute atomic E-state index is 11.8. The molecule has 0 aliphatic carbocycles. The number of carbonyl (C=O) groups is 1. The van der Waals surface area contributed by atoms with Gasteiger partial charge in [0.15, 0.2) is 0 Å². The summed E-state index contributed by atoms with van der Waals surface area (Å²) in [7, 11) is 0. The lowest BCUT2D eigenvalue weighted by atomic mass is 10.0. The monoisotopic (exact) mass is 326 g/mol. The highest BCUT2D eigenvalue weighted by atomic mass is 16.3. The summed E-state index contributed by atoms with van der Waals surface area (Å²) in [6.07, 6.45) is 6.06. The third-order valence-electron chi connectivity index (χ3n) is 4.15. The maximum Gasteiger partial charge on any atom is 0.240 e. The highest BCUT2D eigenvalue weighted by Crippen LogP contribution is 2.28. The Kier molecular flexibility index (Phi) is 6.79. The number of aromatic hydroxyl groups is 1. The molecular formula is C20H26N2O2. The van der Waals surface area contributed by atoms with Crippen molar-refractivity contribution >= 4 is 22.4 Å². The fourth-order valence-electron chi connectivity index (χ4n) is 2.70. The van der Waals surface area contributed by atoms with Crippen molar-refractivity contribution in [2.75, 3.05) is 0 Å². The van der Waals surface area contributed by atoms with Crippen LogP contribution in [-0.4, -0.2) is 16.7 Å². The van der Waals surface area contributed by atoms with Crippen LogP contribution in [0.4, 0.5) is 0 Å².